The molecule has 1 saturated heterocycles. The second-order valence-electron chi connectivity index (χ2n) is 6.40. The maximum atomic E-state index is 12.4. The van der Waals surface area contributed by atoms with E-state index in [4.69, 9.17) is 4.74 Å². The monoisotopic (exact) mass is 353 g/mol. The van der Waals surface area contributed by atoms with Gasteiger partial charge in [-0.25, -0.2) is 4.79 Å². The van der Waals surface area contributed by atoms with Crippen LogP contribution >= 0.6 is 0 Å². The number of nitrogens with one attached hydrogen (secondary N) is 1. The minimum absolute atomic E-state index is 0.0256. The van der Waals surface area contributed by atoms with Crippen LogP contribution in [0.1, 0.15) is 24.0 Å². The Bertz CT molecular complexity index is 660. The number of pyridine rings is 1. The van der Waals surface area contributed by atoms with E-state index in [2.05, 4.69) is 10.3 Å². The Morgan fingerprint density at radius 3 is 2.65 bits per heavy atom. The smallest absolute Gasteiger partial charge is 0.410 e. The first-order valence-electron chi connectivity index (χ1n) is 8.84. The van der Waals surface area contributed by atoms with Gasteiger partial charge in [0.1, 0.15) is 6.61 Å². The van der Waals surface area contributed by atoms with Crippen LogP contribution in [0.2, 0.25) is 0 Å². The second-order valence-corrected chi connectivity index (χ2v) is 6.40. The van der Waals surface area contributed by atoms with Gasteiger partial charge in [-0.15, -0.1) is 0 Å². The zero-order valence-electron chi connectivity index (χ0n) is 14.6. The van der Waals surface area contributed by atoms with Crippen molar-refractivity contribution in [3.05, 3.63) is 66.0 Å². The number of ether oxygens (including phenoxy) is 1. The van der Waals surface area contributed by atoms with Gasteiger partial charge in [0.05, 0.1) is 5.92 Å². The van der Waals surface area contributed by atoms with Crippen molar-refractivity contribution in [1.82, 2.24) is 15.2 Å². The molecule has 1 aromatic carbocycles. The molecule has 1 aliphatic heterocycles. The van der Waals surface area contributed by atoms with Gasteiger partial charge in [0.2, 0.25) is 5.91 Å². The lowest BCUT2D eigenvalue weighted by Gasteiger charge is -2.31. The van der Waals surface area contributed by atoms with E-state index < -0.39 is 0 Å². The SMILES string of the molecule is O=C(NCc1ccncc1)C1CCCN(C(=O)OCc2ccccc2)C1. The molecule has 1 aromatic heterocycles. The molecule has 2 heterocycles. The predicted molar refractivity (Wildman–Crippen MR) is 97.0 cm³/mol. The molecule has 6 heteroatoms. The lowest BCUT2D eigenvalue weighted by atomic mass is 9.97. The lowest BCUT2D eigenvalue weighted by Crippen LogP contribution is -2.45. The number of carbonyl (C=O) groups excluding carboxylic acids is 2. The summed E-state index contributed by atoms with van der Waals surface area (Å²) in [6.07, 6.45) is 4.62. The Balaban J connectivity index is 1.47. The van der Waals surface area contributed by atoms with Crippen LogP contribution < -0.4 is 5.32 Å². The Kier molecular flexibility index (Phi) is 6.19. The largest absolute Gasteiger partial charge is 0.445 e. The highest BCUT2D eigenvalue weighted by atomic mass is 16.6. The van der Waals surface area contributed by atoms with E-state index in [1.807, 2.05) is 42.5 Å². The van der Waals surface area contributed by atoms with Crippen LogP contribution in [-0.2, 0) is 22.7 Å². The molecule has 1 unspecified atom stereocenters. The van der Waals surface area contributed by atoms with Gasteiger partial charge in [-0.05, 0) is 36.1 Å². The Labute approximate surface area is 153 Å². The van der Waals surface area contributed by atoms with Crippen molar-refractivity contribution in [3.8, 4) is 0 Å². The molecule has 2 amide bonds. The van der Waals surface area contributed by atoms with Crippen molar-refractivity contribution in [2.45, 2.75) is 26.0 Å². The van der Waals surface area contributed by atoms with Crippen LogP contribution in [-0.4, -0.2) is 35.0 Å². The predicted octanol–water partition coefficient (Wildman–Crippen LogP) is 2.75. The van der Waals surface area contributed by atoms with Gasteiger partial charge in [-0.3, -0.25) is 9.78 Å². The zero-order valence-corrected chi connectivity index (χ0v) is 14.6. The van der Waals surface area contributed by atoms with E-state index in [1.54, 1.807) is 17.3 Å². The third kappa shape index (κ3) is 5.05. The maximum absolute atomic E-state index is 12.4. The fraction of sp³-hybridized carbons (Fsp3) is 0.350. The molecule has 2 aromatic rings. The number of benzene rings is 1. The van der Waals surface area contributed by atoms with Gasteiger partial charge in [0.25, 0.3) is 0 Å². The molecule has 0 aliphatic carbocycles. The van der Waals surface area contributed by atoms with Crippen molar-refractivity contribution in [2.24, 2.45) is 5.92 Å². The lowest BCUT2D eigenvalue weighted by molar-refractivity contribution is -0.126. The highest BCUT2D eigenvalue weighted by Gasteiger charge is 2.29. The van der Waals surface area contributed by atoms with Gasteiger partial charge in [0.15, 0.2) is 0 Å². The normalized spacial score (nSPS) is 16.8. The van der Waals surface area contributed by atoms with Crippen LogP contribution in [0.15, 0.2) is 54.9 Å². The average molecular weight is 353 g/mol. The molecule has 0 bridgehead atoms. The van der Waals surface area contributed by atoms with E-state index in [1.165, 1.54) is 0 Å². The number of rotatable bonds is 5. The fourth-order valence-corrected chi connectivity index (χ4v) is 3.00. The van der Waals surface area contributed by atoms with Crippen LogP contribution in [0.5, 0.6) is 0 Å². The number of hydrogen-bond donors (Lipinski definition) is 1. The van der Waals surface area contributed by atoms with Crippen molar-refractivity contribution in [2.75, 3.05) is 13.1 Å². The van der Waals surface area contributed by atoms with Crippen molar-refractivity contribution >= 4 is 12.0 Å². The summed E-state index contributed by atoms with van der Waals surface area (Å²) in [5, 5.41) is 2.94. The molecule has 6 nitrogen and oxygen atoms in total. The van der Waals surface area contributed by atoms with E-state index in [0.29, 0.717) is 19.6 Å². The number of carbonyl (C=O) groups is 2. The molecule has 0 saturated carbocycles. The molecule has 0 spiro atoms. The van der Waals surface area contributed by atoms with Crippen LogP contribution in [0.3, 0.4) is 0 Å². The summed E-state index contributed by atoms with van der Waals surface area (Å²) >= 11 is 0. The van der Waals surface area contributed by atoms with Crippen molar-refractivity contribution in [1.29, 1.82) is 0 Å². The minimum Gasteiger partial charge on any atom is -0.445 e. The summed E-state index contributed by atoms with van der Waals surface area (Å²) in [6, 6.07) is 13.3. The standard InChI is InChI=1S/C20H23N3O3/c24-19(22-13-16-8-10-21-11-9-16)18-7-4-12-23(14-18)20(25)26-15-17-5-2-1-3-6-17/h1-3,5-6,8-11,18H,4,7,12-15H2,(H,22,24). The highest BCUT2D eigenvalue weighted by Crippen LogP contribution is 2.18. The quantitative estimate of drug-likeness (QED) is 0.897. The summed E-state index contributed by atoms with van der Waals surface area (Å²) in [5.41, 5.74) is 1.95. The first kappa shape index (κ1) is 17.9. The summed E-state index contributed by atoms with van der Waals surface area (Å²) in [6.45, 7) is 1.74. The Morgan fingerprint density at radius 2 is 1.88 bits per heavy atom. The molecule has 1 fully saturated rings. The Hall–Kier alpha value is -2.89. The molecular weight excluding hydrogens is 330 g/mol. The number of hydrogen-bond acceptors (Lipinski definition) is 4. The number of aromatic nitrogens is 1. The Morgan fingerprint density at radius 1 is 1.12 bits per heavy atom. The zero-order chi connectivity index (χ0) is 18.2. The molecule has 1 atom stereocenters. The third-order valence-corrected chi connectivity index (χ3v) is 4.47. The van der Waals surface area contributed by atoms with Crippen LogP contribution in [0, 0.1) is 5.92 Å². The average Bonchev–Trinajstić information content (AvgIpc) is 2.72. The number of likely N-dealkylation sites (tertiary alicyclic amines) is 1. The first-order valence-corrected chi connectivity index (χ1v) is 8.84. The molecule has 26 heavy (non-hydrogen) atoms. The van der Waals surface area contributed by atoms with E-state index in [0.717, 1.165) is 24.0 Å². The topological polar surface area (TPSA) is 71.5 Å². The number of amides is 2. The molecule has 136 valence electrons. The van der Waals surface area contributed by atoms with Gasteiger partial charge in [-0.1, -0.05) is 30.3 Å². The van der Waals surface area contributed by atoms with Crippen molar-refractivity contribution in [3.63, 3.8) is 0 Å². The van der Waals surface area contributed by atoms with Gasteiger partial charge >= 0.3 is 6.09 Å². The summed E-state index contributed by atoms with van der Waals surface area (Å²) in [5.74, 6) is -0.225. The van der Waals surface area contributed by atoms with Gasteiger partial charge in [0, 0.05) is 32.0 Å². The molecule has 1 N–H and O–H groups in total. The molecule has 1 aliphatic rings. The van der Waals surface area contributed by atoms with Gasteiger partial charge in [-0.2, -0.15) is 0 Å². The first-order chi connectivity index (χ1) is 12.7. The molecule has 3 rings (SSSR count). The summed E-state index contributed by atoms with van der Waals surface area (Å²) in [4.78, 5) is 30.3. The van der Waals surface area contributed by atoms with E-state index >= 15 is 0 Å². The van der Waals surface area contributed by atoms with E-state index in [-0.39, 0.29) is 24.5 Å². The summed E-state index contributed by atoms with van der Waals surface area (Å²) < 4.78 is 5.37. The van der Waals surface area contributed by atoms with Gasteiger partial charge < -0.3 is 15.0 Å². The fourth-order valence-electron chi connectivity index (χ4n) is 3.00. The number of piperidine rings is 1. The highest BCUT2D eigenvalue weighted by molar-refractivity contribution is 5.80. The molecular formula is C20H23N3O3. The number of nitrogens with zero attached hydrogens (tertiary/aromatic N) is 2. The second kappa shape index (κ2) is 8.99. The summed E-state index contributed by atoms with van der Waals surface area (Å²) in [7, 11) is 0. The van der Waals surface area contributed by atoms with Crippen molar-refractivity contribution < 1.29 is 14.3 Å². The molecule has 0 radical (unpaired) electrons. The van der Waals surface area contributed by atoms with E-state index in [9.17, 15) is 9.59 Å². The minimum atomic E-state index is -0.361. The maximum Gasteiger partial charge on any atom is 0.410 e. The third-order valence-electron chi connectivity index (χ3n) is 4.47. The van der Waals surface area contributed by atoms with Crippen LogP contribution in [0.4, 0.5) is 4.79 Å². The van der Waals surface area contributed by atoms with Crippen LogP contribution in [0.25, 0.3) is 0 Å².